The fourth-order valence-corrected chi connectivity index (χ4v) is 7.80. The highest BCUT2D eigenvalue weighted by atomic mass is 32.2. The standard InChI is InChI=1S/C23H37N3O6S2/c1-4-25(5-2)33(28,29)21-8-10-22(11-9-21)34(30,31)26-14-6-7-20(17-26)23(27)24-15-12-19(13-16-24)18-32-3/h8-11,19-20H,4-7,12-18H2,1-3H3. The molecule has 0 spiro atoms. The largest absolute Gasteiger partial charge is 0.384 e. The molecule has 2 heterocycles. The second-order valence-electron chi connectivity index (χ2n) is 8.99. The number of carbonyl (C=O) groups excluding carboxylic acids is 1. The maximum atomic E-state index is 13.3. The van der Waals surface area contributed by atoms with Crippen LogP contribution in [0.3, 0.4) is 0 Å². The van der Waals surface area contributed by atoms with Crippen LogP contribution >= 0.6 is 0 Å². The molecule has 2 aliphatic rings. The van der Waals surface area contributed by atoms with Gasteiger partial charge >= 0.3 is 0 Å². The van der Waals surface area contributed by atoms with Gasteiger partial charge in [-0.3, -0.25) is 4.79 Å². The lowest BCUT2D eigenvalue weighted by molar-refractivity contribution is -0.138. The minimum absolute atomic E-state index is 0.0245. The number of sulfonamides is 2. The van der Waals surface area contributed by atoms with Crippen LogP contribution in [0.25, 0.3) is 0 Å². The normalized spacial score (nSPS) is 21.2. The first kappa shape index (κ1) is 27.1. The SMILES string of the molecule is CCN(CC)S(=O)(=O)c1ccc(S(=O)(=O)N2CCCC(C(=O)N3CCC(COC)CC3)C2)cc1. The molecule has 0 bridgehead atoms. The van der Waals surface area contributed by atoms with Gasteiger partial charge in [0.1, 0.15) is 0 Å². The van der Waals surface area contributed by atoms with E-state index in [2.05, 4.69) is 0 Å². The highest BCUT2D eigenvalue weighted by Crippen LogP contribution is 2.28. The molecule has 1 aromatic rings. The molecule has 2 aliphatic heterocycles. The number of rotatable bonds is 9. The van der Waals surface area contributed by atoms with Crippen LogP contribution < -0.4 is 0 Å². The Bertz CT molecular complexity index is 1030. The van der Waals surface area contributed by atoms with E-state index >= 15 is 0 Å². The van der Waals surface area contributed by atoms with Gasteiger partial charge in [-0.1, -0.05) is 13.8 Å². The Morgan fingerprint density at radius 1 is 0.971 bits per heavy atom. The fourth-order valence-electron chi connectivity index (χ4n) is 4.82. The number of hydrogen-bond donors (Lipinski definition) is 0. The minimum Gasteiger partial charge on any atom is -0.384 e. The molecule has 192 valence electrons. The van der Waals surface area contributed by atoms with E-state index in [9.17, 15) is 21.6 Å². The lowest BCUT2D eigenvalue weighted by Crippen LogP contribution is -2.48. The number of ether oxygens (including phenoxy) is 1. The number of hydrogen-bond acceptors (Lipinski definition) is 6. The minimum atomic E-state index is -3.83. The number of carbonyl (C=O) groups is 1. The first-order valence-electron chi connectivity index (χ1n) is 12.0. The van der Waals surface area contributed by atoms with Gasteiger partial charge < -0.3 is 9.64 Å². The Morgan fingerprint density at radius 3 is 2.12 bits per heavy atom. The van der Waals surface area contributed by atoms with Crippen molar-refractivity contribution in [1.82, 2.24) is 13.5 Å². The van der Waals surface area contributed by atoms with Crippen molar-refractivity contribution in [3.05, 3.63) is 24.3 Å². The molecule has 34 heavy (non-hydrogen) atoms. The van der Waals surface area contributed by atoms with E-state index in [1.165, 1.54) is 32.9 Å². The molecule has 2 saturated heterocycles. The monoisotopic (exact) mass is 515 g/mol. The van der Waals surface area contributed by atoms with E-state index in [0.29, 0.717) is 58.1 Å². The average Bonchev–Trinajstić information content (AvgIpc) is 2.85. The summed E-state index contributed by atoms with van der Waals surface area (Å²) in [4.78, 5) is 15.1. The number of methoxy groups -OCH3 is 1. The lowest BCUT2D eigenvalue weighted by Gasteiger charge is -2.37. The van der Waals surface area contributed by atoms with E-state index in [-0.39, 0.29) is 28.2 Å². The molecule has 0 aromatic heterocycles. The molecule has 0 radical (unpaired) electrons. The third kappa shape index (κ3) is 5.81. The molecule has 1 aromatic carbocycles. The van der Waals surface area contributed by atoms with Crippen molar-refractivity contribution in [2.24, 2.45) is 11.8 Å². The van der Waals surface area contributed by atoms with Gasteiger partial charge in [0.05, 0.1) is 15.7 Å². The fraction of sp³-hybridized carbons (Fsp3) is 0.696. The van der Waals surface area contributed by atoms with Gasteiger partial charge in [0.2, 0.25) is 26.0 Å². The van der Waals surface area contributed by atoms with Crippen molar-refractivity contribution < 1.29 is 26.4 Å². The van der Waals surface area contributed by atoms with Gasteiger partial charge in [0.15, 0.2) is 0 Å². The van der Waals surface area contributed by atoms with Gasteiger partial charge in [-0.2, -0.15) is 8.61 Å². The highest BCUT2D eigenvalue weighted by molar-refractivity contribution is 7.89. The first-order chi connectivity index (χ1) is 16.1. The van der Waals surface area contributed by atoms with Crippen LogP contribution in [-0.4, -0.2) is 89.2 Å². The van der Waals surface area contributed by atoms with E-state index in [1.807, 2.05) is 4.90 Å². The number of amides is 1. The van der Waals surface area contributed by atoms with Crippen LogP contribution in [0.5, 0.6) is 0 Å². The molecule has 9 nitrogen and oxygen atoms in total. The summed E-state index contributed by atoms with van der Waals surface area (Å²) in [5.74, 6) is 0.132. The molecule has 0 aliphatic carbocycles. The number of benzene rings is 1. The van der Waals surface area contributed by atoms with Crippen LogP contribution in [0.15, 0.2) is 34.1 Å². The van der Waals surface area contributed by atoms with Crippen molar-refractivity contribution in [2.45, 2.75) is 49.3 Å². The quantitative estimate of drug-likeness (QED) is 0.498. The van der Waals surface area contributed by atoms with E-state index in [1.54, 1.807) is 21.0 Å². The molecule has 0 saturated carbocycles. The zero-order chi connectivity index (χ0) is 24.9. The van der Waals surface area contributed by atoms with Crippen molar-refractivity contribution >= 4 is 26.0 Å². The Labute approximate surface area is 204 Å². The molecule has 0 N–H and O–H groups in total. The molecule has 11 heteroatoms. The molecule has 1 atom stereocenters. The molecular weight excluding hydrogens is 478 g/mol. The highest BCUT2D eigenvalue weighted by Gasteiger charge is 2.36. The van der Waals surface area contributed by atoms with Crippen LogP contribution in [0, 0.1) is 11.8 Å². The van der Waals surface area contributed by atoms with Gasteiger partial charge in [-0.05, 0) is 55.9 Å². The Kier molecular flexibility index (Phi) is 9.13. The van der Waals surface area contributed by atoms with Gasteiger partial charge in [-0.15, -0.1) is 0 Å². The van der Waals surface area contributed by atoms with Crippen LogP contribution in [0.2, 0.25) is 0 Å². The number of likely N-dealkylation sites (tertiary alicyclic amines) is 1. The van der Waals surface area contributed by atoms with Crippen molar-refractivity contribution in [3.63, 3.8) is 0 Å². The van der Waals surface area contributed by atoms with E-state index in [0.717, 1.165) is 12.8 Å². The zero-order valence-corrected chi connectivity index (χ0v) is 22.0. The second-order valence-corrected chi connectivity index (χ2v) is 12.9. The molecular formula is C23H37N3O6S2. The van der Waals surface area contributed by atoms with Gasteiger partial charge in [0, 0.05) is 53.0 Å². The molecule has 1 unspecified atom stereocenters. The maximum Gasteiger partial charge on any atom is 0.243 e. The van der Waals surface area contributed by atoms with Crippen molar-refractivity contribution in [3.8, 4) is 0 Å². The third-order valence-corrected chi connectivity index (χ3v) is 10.8. The summed E-state index contributed by atoms with van der Waals surface area (Å²) in [5.41, 5.74) is 0. The van der Waals surface area contributed by atoms with Crippen LogP contribution in [-0.2, 0) is 29.6 Å². The summed E-state index contributed by atoms with van der Waals surface area (Å²) in [5, 5.41) is 0. The topological polar surface area (TPSA) is 104 Å². The van der Waals surface area contributed by atoms with Crippen molar-refractivity contribution in [2.75, 3.05) is 53.0 Å². The summed E-state index contributed by atoms with van der Waals surface area (Å²) < 4.78 is 59.9. The average molecular weight is 516 g/mol. The van der Waals surface area contributed by atoms with Crippen LogP contribution in [0.4, 0.5) is 0 Å². The van der Waals surface area contributed by atoms with E-state index < -0.39 is 20.0 Å². The second kappa shape index (κ2) is 11.5. The predicted molar refractivity (Wildman–Crippen MR) is 129 cm³/mol. The zero-order valence-electron chi connectivity index (χ0n) is 20.3. The van der Waals surface area contributed by atoms with Crippen molar-refractivity contribution in [1.29, 1.82) is 0 Å². The predicted octanol–water partition coefficient (Wildman–Crippen LogP) is 2.00. The third-order valence-electron chi connectivity index (χ3n) is 6.87. The number of piperidine rings is 2. The van der Waals surface area contributed by atoms with Gasteiger partial charge in [-0.25, -0.2) is 16.8 Å². The first-order valence-corrected chi connectivity index (χ1v) is 14.9. The van der Waals surface area contributed by atoms with E-state index in [4.69, 9.17) is 4.74 Å². The smallest absolute Gasteiger partial charge is 0.243 e. The summed E-state index contributed by atoms with van der Waals surface area (Å²) >= 11 is 0. The Balaban J connectivity index is 1.69. The Morgan fingerprint density at radius 2 is 1.56 bits per heavy atom. The Hall–Kier alpha value is -1.53. The summed E-state index contributed by atoms with van der Waals surface area (Å²) in [6.07, 6.45) is 3.09. The molecule has 2 fully saturated rings. The molecule has 1 amide bonds. The number of nitrogens with zero attached hydrogens (tertiary/aromatic N) is 3. The summed E-state index contributed by atoms with van der Waals surface area (Å²) in [6, 6.07) is 5.38. The van der Waals surface area contributed by atoms with Crippen LogP contribution in [0.1, 0.15) is 39.5 Å². The van der Waals surface area contributed by atoms with Gasteiger partial charge in [0.25, 0.3) is 0 Å². The maximum absolute atomic E-state index is 13.3. The lowest BCUT2D eigenvalue weighted by atomic mass is 9.94. The summed E-state index contributed by atoms with van der Waals surface area (Å²) in [6.45, 7) is 6.76. The summed E-state index contributed by atoms with van der Waals surface area (Å²) in [7, 11) is -5.81. The molecule has 3 rings (SSSR count).